The molecule has 106 valence electrons. The smallest absolute Gasteiger partial charge is 0.334 e. The van der Waals surface area contributed by atoms with E-state index in [1.165, 1.54) is 0 Å². The summed E-state index contributed by atoms with van der Waals surface area (Å²) in [5, 5.41) is 19.0. The number of hydrogen-bond donors (Lipinski definition) is 2. The van der Waals surface area contributed by atoms with Gasteiger partial charge in [-0.15, -0.1) is 0 Å². The molecular weight excluding hydrogens is 232 g/mol. The van der Waals surface area contributed by atoms with Gasteiger partial charge < -0.3 is 14.9 Å². The van der Waals surface area contributed by atoms with E-state index < -0.39 is 5.97 Å². The minimum absolute atomic E-state index is 0.0718. The van der Waals surface area contributed by atoms with Crippen molar-refractivity contribution in [1.29, 1.82) is 0 Å². The number of hydrogen-bond acceptors (Lipinski definition) is 4. The Kier molecular flexibility index (Phi) is 10.4. The van der Waals surface area contributed by atoms with Crippen molar-refractivity contribution in [3.05, 3.63) is 11.8 Å². The van der Waals surface area contributed by atoms with Gasteiger partial charge >= 0.3 is 5.97 Å². The number of unbranched alkanes of at least 4 members (excludes halogenated alkanes) is 2. The highest BCUT2D eigenvalue weighted by Crippen LogP contribution is 2.11. The van der Waals surface area contributed by atoms with Gasteiger partial charge in [-0.2, -0.15) is 0 Å². The number of carbonyl (C=O) groups excluding carboxylic acids is 1. The third kappa shape index (κ3) is 10.1. The quantitative estimate of drug-likeness (QED) is 0.273. The highest BCUT2D eigenvalue weighted by molar-refractivity contribution is 5.82. The Morgan fingerprint density at radius 1 is 1.22 bits per heavy atom. The highest BCUT2D eigenvalue weighted by atomic mass is 16.5. The minimum atomic E-state index is -0.492. The third-order valence-corrected chi connectivity index (χ3v) is 2.66. The van der Waals surface area contributed by atoms with E-state index in [2.05, 4.69) is 11.7 Å². The third-order valence-electron chi connectivity index (χ3n) is 2.66. The van der Waals surface area contributed by atoms with Crippen LogP contribution in [0.5, 0.6) is 0 Å². The van der Waals surface area contributed by atoms with Crippen LogP contribution < -0.4 is 0 Å². The average Bonchev–Trinajstić information content (AvgIpc) is 2.29. The van der Waals surface area contributed by atoms with Gasteiger partial charge in [0.2, 0.25) is 0 Å². The SMILES string of the molecule is CCCC(O)CCCCCC(O)=CC(=O)OCC. The maximum Gasteiger partial charge on any atom is 0.334 e. The van der Waals surface area contributed by atoms with Crippen LogP contribution in [0.3, 0.4) is 0 Å². The molecule has 0 aliphatic heterocycles. The molecule has 0 spiro atoms. The summed E-state index contributed by atoms with van der Waals surface area (Å²) in [7, 11) is 0. The van der Waals surface area contributed by atoms with Gasteiger partial charge in [-0.3, -0.25) is 0 Å². The van der Waals surface area contributed by atoms with Gasteiger partial charge in [0.15, 0.2) is 0 Å². The Bertz CT molecular complexity index is 248. The lowest BCUT2D eigenvalue weighted by molar-refractivity contribution is -0.137. The summed E-state index contributed by atoms with van der Waals surface area (Å²) in [6.45, 7) is 4.10. The van der Waals surface area contributed by atoms with Crippen molar-refractivity contribution in [2.45, 2.75) is 64.9 Å². The maximum atomic E-state index is 11.0. The number of allylic oxidation sites excluding steroid dienone is 1. The van der Waals surface area contributed by atoms with Crippen molar-refractivity contribution in [1.82, 2.24) is 0 Å². The molecule has 1 atom stereocenters. The van der Waals surface area contributed by atoms with Crippen molar-refractivity contribution in [3.63, 3.8) is 0 Å². The van der Waals surface area contributed by atoms with Crippen LogP contribution >= 0.6 is 0 Å². The first-order valence-corrected chi connectivity index (χ1v) is 6.84. The summed E-state index contributed by atoms with van der Waals surface area (Å²) in [4.78, 5) is 11.0. The molecule has 1 unspecified atom stereocenters. The average molecular weight is 258 g/mol. The Hall–Kier alpha value is -1.03. The lowest BCUT2D eigenvalue weighted by Crippen LogP contribution is -2.05. The lowest BCUT2D eigenvalue weighted by atomic mass is 10.1. The van der Waals surface area contributed by atoms with Crippen LogP contribution in [-0.2, 0) is 9.53 Å². The summed E-state index contributed by atoms with van der Waals surface area (Å²) < 4.78 is 4.69. The van der Waals surface area contributed by atoms with E-state index in [4.69, 9.17) is 0 Å². The van der Waals surface area contributed by atoms with E-state index in [1.54, 1.807) is 6.92 Å². The van der Waals surface area contributed by atoms with Crippen LogP contribution in [0.15, 0.2) is 11.8 Å². The van der Waals surface area contributed by atoms with Crippen molar-refractivity contribution >= 4 is 5.97 Å². The maximum absolute atomic E-state index is 11.0. The van der Waals surface area contributed by atoms with Crippen LogP contribution in [0.4, 0.5) is 0 Å². The zero-order chi connectivity index (χ0) is 13.8. The van der Waals surface area contributed by atoms with Crippen LogP contribution in [0, 0.1) is 0 Å². The van der Waals surface area contributed by atoms with Gasteiger partial charge in [0.1, 0.15) is 0 Å². The molecule has 0 aromatic heterocycles. The summed E-state index contributed by atoms with van der Waals surface area (Å²) in [6, 6.07) is 0. The lowest BCUT2D eigenvalue weighted by Gasteiger charge is -2.08. The fourth-order valence-corrected chi connectivity index (χ4v) is 1.73. The van der Waals surface area contributed by atoms with Gasteiger partial charge in [-0.1, -0.05) is 26.2 Å². The van der Waals surface area contributed by atoms with Gasteiger partial charge in [-0.25, -0.2) is 4.79 Å². The van der Waals surface area contributed by atoms with Crippen LogP contribution in [-0.4, -0.2) is 28.9 Å². The summed E-state index contributed by atoms with van der Waals surface area (Å²) in [5.74, 6) is -0.420. The molecule has 0 bridgehead atoms. The van der Waals surface area contributed by atoms with Gasteiger partial charge in [0.05, 0.1) is 24.5 Å². The molecule has 18 heavy (non-hydrogen) atoms. The summed E-state index contributed by atoms with van der Waals surface area (Å²) in [6.07, 6.45) is 6.82. The Morgan fingerprint density at radius 2 is 1.94 bits per heavy atom. The first-order chi connectivity index (χ1) is 8.60. The molecule has 0 radical (unpaired) electrons. The van der Waals surface area contributed by atoms with Gasteiger partial charge in [0.25, 0.3) is 0 Å². The molecule has 0 aliphatic rings. The number of aliphatic hydroxyl groups excluding tert-OH is 2. The molecule has 0 rings (SSSR count). The van der Waals surface area contributed by atoms with E-state index in [-0.39, 0.29) is 11.9 Å². The topological polar surface area (TPSA) is 66.8 Å². The monoisotopic (exact) mass is 258 g/mol. The Labute approximate surface area is 110 Å². The van der Waals surface area contributed by atoms with E-state index in [9.17, 15) is 15.0 Å². The number of esters is 1. The summed E-state index contributed by atoms with van der Waals surface area (Å²) >= 11 is 0. The molecule has 0 aromatic rings. The molecule has 0 amide bonds. The fraction of sp³-hybridized carbons (Fsp3) is 0.786. The van der Waals surface area contributed by atoms with Crippen molar-refractivity contribution in [2.24, 2.45) is 0 Å². The molecule has 0 saturated heterocycles. The van der Waals surface area contributed by atoms with Crippen LogP contribution in [0.2, 0.25) is 0 Å². The normalized spacial score (nSPS) is 13.4. The number of carbonyl (C=O) groups is 1. The summed E-state index contributed by atoms with van der Waals surface area (Å²) in [5.41, 5.74) is 0. The van der Waals surface area contributed by atoms with Gasteiger partial charge in [0, 0.05) is 6.42 Å². The predicted molar refractivity (Wildman–Crippen MR) is 71.3 cm³/mol. The van der Waals surface area contributed by atoms with E-state index >= 15 is 0 Å². The molecular formula is C14H26O4. The highest BCUT2D eigenvalue weighted by Gasteiger charge is 2.03. The molecule has 2 N–H and O–H groups in total. The van der Waals surface area contributed by atoms with E-state index in [0.717, 1.165) is 44.6 Å². The zero-order valence-electron chi connectivity index (χ0n) is 11.5. The second-order valence-corrected chi connectivity index (χ2v) is 4.43. The number of rotatable bonds is 10. The standard InChI is InChI=1S/C14H26O4/c1-3-8-12(15)9-6-5-7-10-13(16)11-14(17)18-4-2/h11-12,15-16H,3-10H2,1-2H3. The molecule has 0 aromatic carbocycles. The molecule has 4 heteroatoms. The van der Waals surface area contributed by atoms with E-state index in [0.29, 0.717) is 13.0 Å². The van der Waals surface area contributed by atoms with Crippen LogP contribution in [0.25, 0.3) is 0 Å². The fourth-order valence-electron chi connectivity index (χ4n) is 1.73. The zero-order valence-corrected chi connectivity index (χ0v) is 11.5. The molecule has 0 fully saturated rings. The second kappa shape index (κ2) is 11.1. The van der Waals surface area contributed by atoms with Crippen molar-refractivity contribution in [2.75, 3.05) is 6.61 Å². The molecule has 0 saturated carbocycles. The van der Waals surface area contributed by atoms with Gasteiger partial charge in [-0.05, 0) is 26.2 Å². The number of aliphatic hydroxyl groups is 2. The van der Waals surface area contributed by atoms with Crippen molar-refractivity contribution < 1.29 is 19.7 Å². The minimum Gasteiger partial charge on any atom is -0.512 e. The number of ether oxygens (including phenoxy) is 1. The largest absolute Gasteiger partial charge is 0.512 e. The first kappa shape index (κ1) is 17.0. The Morgan fingerprint density at radius 3 is 2.56 bits per heavy atom. The second-order valence-electron chi connectivity index (χ2n) is 4.43. The predicted octanol–water partition coefficient (Wildman–Crippen LogP) is 3.10. The molecule has 0 heterocycles. The molecule has 0 aliphatic carbocycles. The Balaban J connectivity index is 3.56. The van der Waals surface area contributed by atoms with E-state index in [1.807, 2.05) is 0 Å². The van der Waals surface area contributed by atoms with Crippen LogP contribution in [0.1, 0.15) is 58.8 Å². The first-order valence-electron chi connectivity index (χ1n) is 6.84. The molecule has 4 nitrogen and oxygen atoms in total. The van der Waals surface area contributed by atoms with Crippen molar-refractivity contribution in [3.8, 4) is 0 Å².